The number of carbonyl (C=O) groups excluding carboxylic acids is 1. The summed E-state index contributed by atoms with van der Waals surface area (Å²) < 4.78 is 46.5. The van der Waals surface area contributed by atoms with Gasteiger partial charge in [0.1, 0.15) is 73.8 Å². The minimum atomic E-state index is -1.77. The van der Waals surface area contributed by atoms with Crippen molar-refractivity contribution < 1.29 is 88.6 Å². The molecule has 7 fully saturated rings. The maximum Gasteiger partial charge on any atom is 0.331 e. The molecule has 0 aromatic heterocycles. The smallest absolute Gasteiger partial charge is 0.331 e. The summed E-state index contributed by atoms with van der Waals surface area (Å²) in [6.45, 7) is 7.64. The average Bonchev–Trinajstić information content (AvgIpc) is 3.80. The zero-order valence-corrected chi connectivity index (χ0v) is 34.4. The highest BCUT2D eigenvalue weighted by atomic mass is 16.8. The van der Waals surface area contributed by atoms with Gasteiger partial charge in [0.2, 0.25) is 0 Å². The van der Waals surface area contributed by atoms with Gasteiger partial charge in [0.15, 0.2) is 18.9 Å². The topological polar surface area (TPSA) is 273 Å². The molecule has 4 saturated carbocycles. The molecular formula is C42H64O18. The predicted molar refractivity (Wildman–Crippen MR) is 203 cm³/mol. The number of aliphatic hydroxyl groups is 9. The van der Waals surface area contributed by atoms with Crippen LogP contribution in [0, 0.1) is 35.0 Å². The van der Waals surface area contributed by atoms with E-state index in [1.54, 1.807) is 13.0 Å². The third-order valence-corrected chi connectivity index (χ3v) is 15.8. The number of cyclic esters (lactones) is 1. The molecule has 0 unspecified atom stereocenters. The number of esters is 1. The van der Waals surface area contributed by atoms with E-state index in [9.17, 15) is 50.8 Å². The van der Waals surface area contributed by atoms with E-state index in [0.717, 1.165) is 56.1 Å². The second kappa shape index (κ2) is 17.4. The lowest BCUT2D eigenvalue weighted by Crippen LogP contribution is -2.65. The molecule has 4 aliphatic carbocycles. The standard InChI is InChI=1S/C42H64O18/c1-17-22(19-11-28(44)54-15-19)8-10-42(52)23-6-5-20-12-21(7-9-41(20,3)25(23)13-24(17)42)57-40-35(51)37(53-4)36(18(2)56-40)60-39-34(50)32(48)30(46)27(59-39)16-55-38-33(49)31(47)29(45)26(14-43)58-38/h11,18,20-27,29-40,43,45-52H,1,5-10,12-16H2,2-4H3/t18-,20-,21-,22-,23+,24+,25-,26+,27+,29+,30+,31-,32-,33+,34+,35+,36-,37-,38+,39-,40-,41-,42-/m0/s1. The molecule has 0 bridgehead atoms. The van der Waals surface area contributed by atoms with Crippen LogP contribution in [0.15, 0.2) is 23.8 Å². The number of ether oxygens (including phenoxy) is 8. The van der Waals surface area contributed by atoms with Crippen molar-refractivity contribution in [3.63, 3.8) is 0 Å². The maximum absolute atomic E-state index is 12.3. The zero-order valence-electron chi connectivity index (χ0n) is 34.4. The molecule has 23 atom stereocenters. The Hall–Kier alpha value is -1.69. The van der Waals surface area contributed by atoms with Crippen molar-refractivity contribution >= 4 is 5.97 Å². The minimum Gasteiger partial charge on any atom is -0.458 e. The van der Waals surface area contributed by atoms with Crippen LogP contribution in [0.2, 0.25) is 0 Å². The zero-order chi connectivity index (χ0) is 43.0. The third-order valence-electron chi connectivity index (χ3n) is 15.8. The van der Waals surface area contributed by atoms with Crippen LogP contribution in [0.1, 0.15) is 65.2 Å². The fraction of sp³-hybridized carbons (Fsp3) is 0.881. The summed E-state index contributed by atoms with van der Waals surface area (Å²) in [4.78, 5) is 11.9. The molecule has 18 heteroatoms. The Bertz CT molecular complexity index is 1590. The molecule has 18 nitrogen and oxygen atoms in total. The Morgan fingerprint density at radius 3 is 2.15 bits per heavy atom. The Labute approximate surface area is 348 Å². The van der Waals surface area contributed by atoms with E-state index in [0.29, 0.717) is 24.9 Å². The van der Waals surface area contributed by atoms with Gasteiger partial charge in [-0.3, -0.25) is 0 Å². The SMILES string of the molecule is C=C1[C@@H](C2=CC(=O)OC2)CC[C@@]2(O)[C@@H]1C[C@H]1[C@H]2CC[C@H]2C[C@@H](O[C@@H]3O[C@@H](C)[C@H](O[C@@H]4O[C@H](CO[C@@H]5O[C@H](CO)[C@@H](O)[C@H](O)[C@H]5O)[C@@H](O)[C@H](O)[C@H]4O)[C@@H](OC)[C@H]3O)CC[C@@]21C. The van der Waals surface area contributed by atoms with Gasteiger partial charge in [-0.05, 0) is 87.0 Å². The van der Waals surface area contributed by atoms with E-state index in [2.05, 4.69) is 13.5 Å². The first-order valence-corrected chi connectivity index (χ1v) is 21.6. The molecule has 0 radical (unpaired) electrons. The molecular weight excluding hydrogens is 792 g/mol. The van der Waals surface area contributed by atoms with Crippen molar-refractivity contribution in [3.05, 3.63) is 23.8 Å². The normalized spacial score (nSPS) is 53.2. The van der Waals surface area contributed by atoms with Gasteiger partial charge in [-0.25, -0.2) is 4.79 Å². The fourth-order valence-corrected chi connectivity index (χ4v) is 12.3. The van der Waals surface area contributed by atoms with E-state index in [-0.39, 0.29) is 35.2 Å². The molecule has 4 aliphatic heterocycles. The molecule has 0 spiro atoms. The van der Waals surface area contributed by atoms with Crippen molar-refractivity contribution in [2.75, 3.05) is 26.9 Å². The number of methoxy groups -OCH3 is 1. The van der Waals surface area contributed by atoms with Gasteiger partial charge in [0.05, 0.1) is 31.0 Å². The molecule has 0 aromatic rings. The largest absolute Gasteiger partial charge is 0.458 e. The number of aliphatic hydroxyl groups excluding tert-OH is 8. The van der Waals surface area contributed by atoms with Gasteiger partial charge >= 0.3 is 5.97 Å². The van der Waals surface area contributed by atoms with Crippen LogP contribution in [0.4, 0.5) is 0 Å². The summed E-state index contributed by atoms with van der Waals surface area (Å²) in [6.07, 6.45) is -13.3. The van der Waals surface area contributed by atoms with Crippen LogP contribution in [0.25, 0.3) is 0 Å². The van der Waals surface area contributed by atoms with Crippen molar-refractivity contribution in [1.29, 1.82) is 0 Å². The van der Waals surface area contributed by atoms with Crippen molar-refractivity contribution in [1.82, 2.24) is 0 Å². The lowest BCUT2D eigenvalue weighted by molar-refractivity contribution is -0.367. The summed E-state index contributed by atoms with van der Waals surface area (Å²) in [7, 11) is 1.39. The summed E-state index contributed by atoms with van der Waals surface area (Å²) in [6, 6.07) is 0. The highest BCUT2D eigenvalue weighted by Crippen LogP contribution is 2.67. The Morgan fingerprint density at radius 1 is 0.783 bits per heavy atom. The highest BCUT2D eigenvalue weighted by Gasteiger charge is 2.65. The molecule has 4 heterocycles. The lowest BCUT2D eigenvalue weighted by Gasteiger charge is -2.55. The quantitative estimate of drug-likeness (QED) is 0.0690. The minimum absolute atomic E-state index is 0.0264. The van der Waals surface area contributed by atoms with Crippen molar-refractivity contribution in [2.24, 2.45) is 35.0 Å². The first-order valence-electron chi connectivity index (χ1n) is 21.6. The number of hydrogen-bond donors (Lipinski definition) is 9. The number of hydrogen-bond acceptors (Lipinski definition) is 18. The van der Waals surface area contributed by atoms with E-state index in [1.165, 1.54) is 7.11 Å². The summed E-state index contributed by atoms with van der Waals surface area (Å²) in [5.41, 5.74) is 1.14. The van der Waals surface area contributed by atoms with E-state index in [1.807, 2.05) is 0 Å². The predicted octanol–water partition coefficient (Wildman–Crippen LogP) is -1.47. The molecule has 3 saturated heterocycles. The second-order valence-corrected chi connectivity index (χ2v) is 18.8. The summed E-state index contributed by atoms with van der Waals surface area (Å²) in [5.74, 6) is 0.494. The summed E-state index contributed by atoms with van der Waals surface area (Å²) in [5, 5.41) is 96.3. The lowest BCUT2D eigenvalue weighted by atomic mass is 9.51. The highest BCUT2D eigenvalue weighted by molar-refractivity contribution is 5.85. The van der Waals surface area contributed by atoms with Gasteiger partial charge in [-0.2, -0.15) is 0 Å². The van der Waals surface area contributed by atoms with Crippen LogP contribution in [-0.2, 0) is 42.7 Å². The second-order valence-electron chi connectivity index (χ2n) is 18.8. The van der Waals surface area contributed by atoms with Crippen molar-refractivity contribution in [2.45, 2.75) is 169 Å². The monoisotopic (exact) mass is 856 g/mol. The van der Waals surface area contributed by atoms with Crippen molar-refractivity contribution in [3.8, 4) is 0 Å². The molecule has 0 aromatic carbocycles. The Balaban J connectivity index is 0.874. The first kappa shape index (κ1) is 44.9. The van der Waals surface area contributed by atoms with Gasteiger partial charge in [-0.15, -0.1) is 0 Å². The maximum atomic E-state index is 12.3. The van der Waals surface area contributed by atoms with Gasteiger partial charge < -0.3 is 83.9 Å². The van der Waals surface area contributed by atoms with Gasteiger partial charge in [0.25, 0.3) is 0 Å². The average molecular weight is 857 g/mol. The number of carbonyl (C=O) groups is 1. The van der Waals surface area contributed by atoms with Gasteiger partial charge in [-0.1, -0.05) is 19.1 Å². The third kappa shape index (κ3) is 7.73. The van der Waals surface area contributed by atoms with Crippen LogP contribution >= 0.6 is 0 Å². The fourth-order valence-electron chi connectivity index (χ4n) is 12.3. The van der Waals surface area contributed by atoms with E-state index >= 15 is 0 Å². The van der Waals surface area contributed by atoms with E-state index in [4.69, 9.17) is 37.9 Å². The Kier molecular flexibility index (Phi) is 13.0. The molecule has 8 aliphatic rings. The first-order chi connectivity index (χ1) is 28.5. The molecule has 0 amide bonds. The Morgan fingerprint density at radius 2 is 1.47 bits per heavy atom. The molecule has 60 heavy (non-hydrogen) atoms. The number of rotatable bonds is 10. The van der Waals surface area contributed by atoms with Crippen LogP contribution < -0.4 is 0 Å². The summed E-state index contributed by atoms with van der Waals surface area (Å²) >= 11 is 0. The van der Waals surface area contributed by atoms with E-state index < -0.39 is 111 Å². The number of fused-ring (bicyclic) bond motifs is 5. The van der Waals surface area contributed by atoms with Gasteiger partial charge in [0, 0.05) is 25.0 Å². The van der Waals surface area contributed by atoms with Crippen LogP contribution in [0.3, 0.4) is 0 Å². The van der Waals surface area contributed by atoms with Crippen LogP contribution in [0.5, 0.6) is 0 Å². The molecule has 8 rings (SSSR count). The molecule has 340 valence electrons. The molecule has 9 N–H and O–H groups in total. The van der Waals surface area contributed by atoms with Crippen LogP contribution in [-0.4, -0.2) is 183 Å².